The number of hydrogen-bond donors (Lipinski definition) is 1. The fourth-order valence-corrected chi connectivity index (χ4v) is 2.69. The Hall–Kier alpha value is -1.89. The molecule has 0 aliphatic heterocycles. The van der Waals surface area contributed by atoms with Crippen LogP contribution in [0, 0.1) is 12.3 Å². The van der Waals surface area contributed by atoms with Crippen molar-refractivity contribution in [3.8, 4) is 12.3 Å². The van der Waals surface area contributed by atoms with Gasteiger partial charge in [0.25, 0.3) is 0 Å². The lowest BCUT2D eigenvalue weighted by molar-refractivity contribution is -0.115. The molecule has 0 spiro atoms. The second kappa shape index (κ2) is 7.21. The molecule has 0 radical (unpaired) electrons. The van der Waals surface area contributed by atoms with E-state index in [4.69, 9.17) is 18.0 Å². The number of carbonyl (C=O) groups is 1. The molecule has 0 saturated carbocycles. The summed E-state index contributed by atoms with van der Waals surface area (Å²) >= 11 is 7.32. The van der Waals surface area contributed by atoms with Gasteiger partial charge in [-0.15, -0.1) is 18.2 Å². The van der Waals surface area contributed by atoms with Crippen molar-refractivity contribution in [3.05, 3.63) is 59.1 Å². The van der Waals surface area contributed by atoms with E-state index in [1.165, 1.54) is 11.8 Å². The van der Waals surface area contributed by atoms with Gasteiger partial charge < -0.3 is 5.32 Å². The Morgan fingerprint density at radius 1 is 1.29 bits per heavy atom. The van der Waals surface area contributed by atoms with Gasteiger partial charge in [-0.1, -0.05) is 23.6 Å². The zero-order valence-electron chi connectivity index (χ0n) is 11.5. The molecule has 0 fully saturated rings. The number of halogens is 1. The van der Waals surface area contributed by atoms with Crippen LogP contribution in [0.5, 0.6) is 0 Å². The van der Waals surface area contributed by atoms with Gasteiger partial charge in [0.1, 0.15) is 0 Å². The standard InChI is InChI=1S/C17H14ClNOS/c1-3-13-5-4-6-15(11-13)19-17(20)12(2)21-16-9-7-14(18)8-10-16/h1,4-12H,2H3,(H,19,20). The van der Waals surface area contributed by atoms with Gasteiger partial charge in [-0.2, -0.15) is 0 Å². The maximum atomic E-state index is 12.2. The largest absolute Gasteiger partial charge is 0.325 e. The number of thioether (sulfide) groups is 1. The lowest BCUT2D eigenvalue weighted by Crippen LogP contribution is -2.22. The Morgan fingerprint density at radius 3 is 2.67 bits per heavy atom. The Kier molecular flexibility index (Phi) is 5.32. The van der Waals surface area contributed by atoms with E-state index >= 15 is 0 Å². The molecule has 2 nitrogen and oxygen atoms in total. The summed E-state index contributed by atoms with van der Waals surface area (Å²) < 4.78 is 0. The number of nitrogens with one attached hydrogen (secondary N) is 1. The van der Waals surface area contributed by atoms with Crippen LogP contribution in [-0.2, 0) is 4.79 Å². The van der Waals surface area contributed by atoms with Crippen molar-refractivity contribution in [2.24, 2.45) is 0 Å². The van der Waals surface area contributed by atoms with E-state index in [-0.39, 0.29) is 11.2 Å². The SMILES string of the molecule is C#Cc1cccc(NC(=O)C(C)Sc2ccc(Cl)cc2)c1. The molecule has 1 atom stereocenters. The van der Waals surface area contributed by atoms with Crippen molar-refractivity contribution in [1.29, 1.82) is 0 Å². The lowest BCUT2D eigenvalue weighted by atomic mass is 10.2. The molecule has 0 aromatic heterocycles. The number of hydrogen-bond acceptors (Lipinski definition) is 2. The molecule has 21 heavy (non-hydrogen) atoms. The second-order valence-electron chi connectivity index (χ2n) is 4.43. The van der Waals surface area contributed by atoms with Crippen molar-refractivity contribution in [3.63, 3.8) is 0 Å². The van der Waals surface area contributed by atoms with Gasteiger partial charge in [0, 0.05) is 21.2 Å². The summed E-state index contributed by atoms with van der Waals surface area (Å²) in [4.78, 5) is 13.2. The van der Waals surface area contributed by atoms with Crippen LogP contribution in [0.4, 0.5) is 5.69 Å². The third-order valence-electron chi connectivity index (χ3n) is 2.79. The number of terminal acetylenes is 1. The molecule has 2 aromatic rings. The van der Waals surface area contributed by atoms with E-state index in [2.05, 4.69) is 11.2 Å². The van der Waals surface area contributed by atoms with Crippen LogP contribution in [0.2, 0.25) is 5.02 Å². The zero-order valence-corrected chi connectivity index (χ0v) is 13.0. The molecule has 0 saturated heterocycles. The third kappa shape index (κ3) is 4.56. The molecule has 1 unspecified atom stereocenters. The molecule has 2 aromatic carbocycles. The van der Waals surface area contributed by atoms with Gasteiger partial charge in [-0.3, -0.25) is 4.79 Å². The highest BCUT2D eigenvalue weighted by atomic mass is 35.5. The van der Waals surface area contributed by atoms with Crippen LogP contribution >= 0.6 is 23.4 Å². The number of rotatable bonds is 4. The highest BCUT2D eigenvalue weighted by Crippen LogP contribution is 2.25. The molecule has 4 heteroatoms. The van der Waals surface area contributed by atoms with E-state index in [0.717, 1.165) is 10.5 Å². The normalized spacial score (nSPS) is 11.5. The highest BCUT2D eigenvalue weighted by molar-refractivity contribution is 8.00. The Labute approximate surface area is 133 Å². The van der Waals surface area contributed by atoms with Gasteiger partial charge in [-0.05, 0) is 49.4 Å². The minimum atomic E-state index is -0.222. The zero-order chi connectivity index (χ0) is 15.2. The monoisotopic (exact) mass is 315 g/mol. The van der Waals surface area contributed by atoms with E-state index in [1.54, 1.807) is 6.07 Å². The molecule has 0 bridgehead atoms. The fourth-order valence-electron chi connectivity index (χ4n) is 1.70. The van der Waals surface area contributed by atoms with Gasteiger partial charge in [0.05, 0.1) is 5.25 Å². The Bertz CT molecular complexity index is 676. The molecule has 1 amide bonds. The first-order chi connectivity index (χ1) is 10.1. The second-order valence-corrected chi connectivity index (χ2v) is 6.28. The molecule has 0 heterocycles. The van der Waals surface area contributed by atoms with E-state index in [0.29, 0.717) is 10.7 Å². The maximum Gasteiger partial charge on any atom is 0.237 e. The highest BCUT2D eigenvalue weighted by Gasteiger charge is 2.14. The summed E-state index contributed by atoms with van der Waals surface area (Å²) in [6.45, 7) is 1.86. The Morgan fingerprint density at radius 2 is 2.00 bits per heavy atom. The first kappa shape index (κ1) is 15.5. The van der Waals surface area contributed by atoms with Crippen LogP contribution in [-0.4, -0.2) is 11.2 Å². The number of anilines is 1. The molecular formula is C17H14ClNOS. The molecule has 0 aliphatic rings. The Balaban J connectivity index is 1.99. The molecule has 1 N–H and O–H groups in total. The van der Waals surface area contributed by atoms with Gasteiger partial charge >= 0.3 is 0 Å². The first-order valence-corrected chi connectivity index (χ1v) is 7.64. The van der Waals surface area contributed by atoms with Crippen LogP contribution in [0.1, 0.15) is 12.5 Å². The first-order valence-electron chi connectivity index (χ1n) is 6.38. The van der Waals surface area contributed by atoms with E-state index < -0.39 is 0 Å². The summed E-state index contributed by atoms with van der Waals surface area (Å²) in [7, 11) is 0. The predicted octanol–water partition coefficient (Wildman–Crippen LogP) is 4.44. The van der Waals surface area contributed by atoms with Crippen molar-refractivity contribution in [2.45, 2.75) is 17.1 Å². The third-order valence-corrected chi connectivity index (χ3v) is 4.16. The minimum absolute atomic E-state index is 0.0656. The van der Waals surface area contributed by atoms with Crippen LogP contribution < -0.4 is 5.32 Å². The van der Waals surface area contributed by atoms with Crippen molar-refractivity contribution >= 4 is 35.0 Å². The molecule has 2 rings (SSSR count). The molecular weight excluding hydrogens is 302 g/mol. The average molecular weight is 316 g/mol. The van der Waals surface area contributed by atoms with Crippen LogP contribution in [0.3, 0.4) is 0 Å². The van der Waals surface area contributed by atoms with Gasteiger partial charge in [-0.25, -0.2) is 0 Å². The van der Waals surface area contributed by atoms with Gasteiger partial charge in [0.15, 0.2) is 0 Å². The number of amides is 1. The van der Waals surface area contributed by atoms with Crippen molar-refractivity contribution in [2.75, 3.05) is 5.32 Å². The van der Waals surface area contributed by atoms with Crippen molar-refractivity contribution < 1.29 is 4.79 Å². The lowest BCUT2D eigenvalue weighted by Gasteiger charge is -2.12. The smallest absolute Gasteiger partial charge is 0.237 e. The average Bonchev–Trinajstić information content (AvgIpc) is 2.49. The molecule has 106 valence electrons. The fraction of sp³-hybridized carbons (Fsp3) is 0.118. The van der Waals surface area contributed by atoms with Gasteiger partial charge in [0.2, 0.25) is 5.91 Å². The summed E-state index contributed by atoms with van der Waals surface area (Å²) in [6.07, 6.45) is 5.35. The summed E-state index contributed by atoms with van der Waals surface area (Å²) in [5.41, 5.74) is 1.45. The molecule has 0 aliphatic carbocycles. The summed E-state index contributed by atoms with van der Waals surface area (Å²) in [5.74, 6) is 2.48. The predicted molar refractivity (Wildman–Crippen MR) is 89.8 cm³/mol. The van der Waals surface area contributed by atoms with E-state index in [9.17, 15) is 4.79 Å². The van der Waals surface area contributed by atoms with Crippen molar-refractivity contribution in [1.82, 2.24) is 0 Å². The minimum Gasteiger partial charge on any atom is -0.325 e. The number of benzene rings is 2. The van der Waals surface area contributed by atoms with E-state index in [1.807, 2.05) is 49.4 Å². The topological polar surface area (TPSA) is 29.1 Å². The quantitative estimate of drug-likeness (QED) is 0.667. The number of carbonyl (C=O) groups excluding carboxylic acids is 1. The summed E-state index contributed by atoms with van der Waals surface area (Å²) in [5, 5.41) is 3.33. The van der Waals surface area contributed by atoms with Crippen LogP contribution in [0.15, 0.2) is 53.4 Å². The maximum absolute atomic E-state index is 12.2. The summed E-state index contributed by atoms with van der Waals surface area (Å²) in [6, 6.07) is 14.7. The van der Waals surface area contributed by atoms with Crippen LogP contribution in [0.25, 0.3) is 0 Å².